The number of hydrogen-bond donors (Lipinski definition) is 0. The van der Waals surface area contributed by atoms with Crippen molar-refractivity contribution in [3.05, 3.63) is 9.47 Å². The highest BCUT2D eigenvalue weighted by Gasteiger charge is 1.92. The van der Waals surface area contributed by atoms with Gasteiger partial charge in [-0.25, -0.2) is 0 Å². The molecule has 0 aromatic heterocycles. The molecule has 72 valence electrons. The van der Waals surface area contributed by atoms with E-state index in [1.54, 1.807) is 0 Å². The molecule has 0 aromatic rings. The lowest BCUT2D eigenvalue weighted by molar-refractivity contribution is 0.610. The molecule has 2 heteroatoms. The van der Waals surface area contributed by atoms with Crippen LogP contribution in [0.1, 0.15) is 51.9 Å². The van der Waals surface area contributed by atoms with E-state index >= 15 is 0 Å². The Balaban J connectivity index is 3.00. The van der Waals surface area contributed by atoms with Crippen molar-refractivity contribution in [2.45, 2.75) is 51.9 Å². The SMILES string of the molecule is CCCCCCCCC(Br)=CBr. The maximum absolute atomic E-state index is 3.47. The molecule has 0 fully saturated rings. The molecule has 0 saturated heterocycles. The highest BCUT2D eigenvalue weighted by Crippen LogP contribution is 2.17. The third-order valence-electron chi connectivity index (χ3n) is 1.89. The largest absolute Gasteiger partial charge is 0.0654 e. The molecule has 0 radical (unpaired) electrons. The van der Waals surface area contributed by atoms with Crippen molar-refractivity contribution in [3.8, 4) is 0 Å². The molecule has 0 amide bonds. The van der Waals surface area contributed by atoms with Gasteiger partial charge in [-0.1, -0.05) is 70.9 Å². The monoisotopic (exact) mass is 296 g/mol. The van der Waals surface area contributed by atoms with E-state index in [0.29, 0.717) is 0 Å². The maximum atomic E-state index is 3.47. The highest BCUT2D eigenvalue weighted by atomic mass is 79.9. The Morgan fingerprint density at radius 3 is 2.25 bits per heavy atom. The van der Waals surface area contributed by atoms with Crippen molar-refractivity contribution in [1.29, 1.82) is 0 Å². The second-order valence-electron chi connectivity index (χ2n) is 3.07. The normalized spacial score (nSPS) is 12.1. The van der Waals surface area contributed by atoms with Crippen LogP contribution >= 0.6 is 31.9 Å². The molecule has 0 bridgehead atoms. The van der Waals surface area contributed by atoms with Crippen LogP contribution in [0.4, 0.5) is 0 Å². The summed E-state index contributed by atoms with van der Waals surface area (Å²) < 4.78 is 1.28. The first-order chi connectivity index (χ1) is 5.81. The maximum Gasteiger partial charge on any atom is 0.00197 e. The van der Waals surface area contributed by atoms with Gasteiger partial charge >= 0.3 is 0 Å². The Labute approximate surface area is 93.1 Å². The minimum Gasteiger partial charge on any atom is -0.0654 e. The summed E-state index contributed by atoms with van der Waals surface area (Å²) in [7, 11) is 0. The van der Waals surface area contributed by atoms with E-state index in [1.165, 1.54) is 49.4 Å². The summed E-state index contributed by atoms with van der Waals surface area (Å²) in [6.07, 6.45) is 9.41. The van der Waals surface area contributed by atoms with E-state index in [-0.39, 0.29) is 0 Å². The number of halogens is 2. The van der Waals surface area contributed by atoms with Gasteiger partial charge in [0.1, 0.15) is 0 Å². The summed E-state index contributed by atoms with van der Waals surface area (Å²) in [4.78, 5) is 1.96. The third kappa shape index (κ3) is 8.79. The molecule has 0 aromatic carbocycles. The average Bonchev–Trinajstić information content (AvgIpc) is 2.10. The second kappa shape index (κ2) is 9.79. The van der Waals surface area contributed by atoms with Crippen molar-refractivity contribution in [3.63, 3.8) is 0 Å². The van der Waals surface area contributed by atoms with Gasteiger partial charge in [0.05, 0.1) is 0 Å². The van der Waals surface area contributed by atoms with Gasteiger partial charge in [0.2, 0.25) is 0 Å². The zero-order valence-corrected chi connectivity index (χ0v) is 11.0. The Morgan fingerprint density at radius 2 is 1.67 bits per heavy atom. The smallest absolute Gasteiger partial charge is 0.00197 e. The molecule has 0 atom stereocenters. The van der Waals surface area contributed by atoms with Crippen LogP contribution in [0.2, 0.25) is 0 Å². The Bertz CT molecular complexity index is 119. The van der Waals surface area contributed by atoms with Crippen LogP contribution < -0.4 is 0 Å². The standard InChI is InChI=1S/C10H18Br2/c1-2-3-4-5-6-7-8-10(12)9-11/h9H,2-8H2,1H3. The molecule has 0 N–H and O–H groups in total. The lowest BCUT2D eigenvalue weighted by Gasteiger charge is -1.99. The van der Waals surface area contributed by atoms with E-state index in [1.807, 2.05) is 4.99 Å². The fraction of sp³-hybridized carbons (Fsp3) is 0.800. The van der Waals surface area contributed by atoms with Crippen molar-refractivity contribution in [2.24, 2.45) is 0 Å². The van der Waals surface area contributed by atoms with Gasteiger partial charge in [0.25, 0.3) is 0 Å². The number of unbranched alkanes of at least 4 members (excludes halogenated alkanes) is 5. The minimum absolute atomic E-state index is 1.18. The Kier molecular flexibility index (Phi) is 10.4. The van der Waals surface area contributed by atoms with Crippen LogP contribution in [0.3, 0.4) is 0 Å². The van der Waals surface area contributed by atoms with E-state index in [0.717, 1.165) is 0 Å². The minimum atomic E-state index is 1.18. The topological polar surface area (TPSA) is 0 Å². The van der Waals surface area contributed by atoms with Gasteiger partial charge < -0.3 is 0 Å². The molecule has 12 heavy (non-hydrogen) atoms. The van der Waals surface area contributed by atoms with E-state index in [2.05, 4.69) is 38.8 Å². The van der Waals surface area contributed by atoms with Crippen LogP contribution in [0, 0.1) is 0 Å². The number of hydrogen-bond acceptors (Lipinski definition) is 0. The van der Waals surface area contributed by atoms with Crippen molar-refractivity contribution >= 4 is 31.9 Å². The predicted molar refractivity (Wildman–Crippen MR) is 63.9 cm³/mol. The van der Waals surface area contributed by atoms with Crippen molar-refractivity contribution in [2.75, 3.05) is 0 Å². The quantitative estimate of drug-likeness (QED) is 0.554. The van der Waals surface area contributed by atoms with E-state index < -0.39 is 0 Å². The summed E-state index contributed by atoms with van der Waals surface area (Å²) >= 11 is 6.77. The molecular formula is C10H18Br2. The summed E-state index contributed by atoms with van der Waals surface area (Å²) in [5.41, 5.74) is 0. The van der Waals surface area contributed by atoms with Crippen LogP contribution in [0.15, 0.2) is 9.47 Å². The molecular weight excluding hydrogens is 280 g/mol. The second-order valence-corrected chi connectivity index (χ2v) is 4.55. The van der Waals surface area contributed by atoms with Crippen molar-refractivity contribution < 1.29 is 0 Å². The lowest BCUT2D eigenvalue weighted by atomic mass is 10.1. The Morgan fingerprint density at radius 1 is 1.08 bits per heavy atom. The van der Waals surface area contributed by atoms with Gasteiger partial charge in [0, 0.05) is 4.48 Å². The van der Waals surface area contributed by atoms with Crippen LogP contribution in [-0.4, -0.2) is 0 Å². The zero-order chi connectivity index (χ0) is 9.23. The average molecular weight is 298 g/mol. The summed E-state index contributed by atoms with van der Waals surface area (Å²) in [6, 6.07) is 0. The van der Waals surface area contributed by atoms with Gasteiger partial charge in [-0.3, -0.25) is 0 Å². The first kappa shape index (κ1) is 12.7. The molecule has 0 heterocycles. The fourth-order valence-corrected chi connectivity index (χ4v) is 1.64. The summed E-state index contributed by atoms with van der Waals surface area (Å²) in [5.74, 6) is 0. The number of allylic oxidation sites excluding steroid dienone is 1. The molecule has 0 aliphatic rings. The number of rotatable bonds is 7. The van der Waals surface area contributed by atoms with E-state index in [4.69, 9.17) is 0 Å². The van der Waals surface area contributed by atoms with Crippen LogP contribution in [0.5, 0.6) is 0 Å². The van der Waals surface area contributed by atoms with E-state index in [9.17, 15) is 0 Å². The molecule has 0 nitrogen and oxygen atoms in total. The van der Waals surface area contributed by atoms with Crippen molar-refractivity contribution in [1.82, 2.24) is 0 Å². The Hall–Kier alpha value is 0.700. The molecule has 0 spiro atoms. The van der Waals surface area contributed by atoms with Gasteiger partial charge in [-0.15, -0.1) is 0 Å². The first-order valence-corrected chi connectivity index (χ1v) is 6.47. The molecule has 0 rings (SSSR count). The van der Waals surface area contributed by atoms with Gasteiger partial charge in [0.15, 0.2) is 0 Å². The van der Waals surface area contributed by atoms with Gasteiger partial charge in [-0.2, -0.15) is 0 Å². The lowest BCUT2D eigenvalue weighted by Crippen LogP contribution is -1.79. The predicted octanol–water partition coefficient (Wildman–Crippen LogP) is 5.37. The molecule has 0 aliphatic heterocycles. The molecule has 0 aliphatic carbocycles. The molecule has 0 unspecified atom stereocenters. The molecule has 0 saturated carbocycles. The van der Waals surface area contributed by atoms with Crippen LogP contribution in [0.25, 0.3) is 0 Å². The fourth-order valence-electron chi connectivity index (χ4n) is 1.13. The van der Waals surface area contributed by atoms with Gasteiger partial charge in [-0.05, 0) is 17.8 Å². The summed E-state index contributed by atoms with van der Waals surface area (Å²) in [5, 5.41) is 0. The summed E-state index contributed by atoms with van der Waals surface area (Å²) in [6.45, 7) is 2.25. The first-order valence-electron chi connectivity index (χ1n) is 4.76. The highest BCUT2D eigenvalue weighted by molar-refractivity contribution is 9.14. The van der Waals surface area contributed by atoms with Crippen LogP contribution in [-0.2, 0) is 0 Å². The third-order valence-corrected chi connectivity index (χ3v) is 3.68. The zero-order valence-electron chi connectivity index (χ0n) is 7.78.